The molecular formula is C21H20F7NO3. The largest absolute Gasteiger partial charge is 0.430 e. The number of halogens is 7. The van der Waals surface area contributed by atoms with Crippen LogP contribution in [0.25, 0.3) is 11.1 Å². The number of hydrogen-bond acceptors (Lipinski definition) is 3. The maximum Gasteiger partial charge on any atom is 0.430 e. The van der Waals surface area contributed by atoms with E-state index in [1.807, 2.05) is 0 Å². The lowest BCUT2D eigenvalue weighted by Crippen LogP contribution is -2.53. The zero-order valence-corrected chi connectivity index (χ0v) is 17.4. The molecule has 0 aromatic heterocycles. The van der Waals surface area contributed by atoms with Gasteiger partial charge in [0.25, 0.3) is 11.5 Å². The summed E-state index contributed by atoms with van der Waals surface area (Å²) in [6, 6.07) is 5.03. The minimum absolute atomic E-state index is 0.0992. The number of carbonyl (C=O) groups is 1. The first-order valence-electron chi connectivity index (χ1n) is 9.18. The van der Waals surface area contributed by atoms with E-state index in [4.69, 9.17) is 4.84 Å². The zero-order chi connectivity index (χ0) is 24.6. The molecule has 0 heterocycles. The van der Waals surface area contributed by atoms with Crippen molar-refractivity contribution in [3.63, 3.8) is 0 Å². The van der Waals surface area contributed by atoms with Crippen LogP contribution >= 0.6 is 0 Å². The summed E-state index contributed by atoms with van der Waals surface area (Å²) in [5.41, 5.74) is -6.12. The number of hydroxylamine groups is 2. The molecule has 11 heteroatoms. The van der Waals surface area contributed by atoms with Crippen molar-refractivity contribution in [2.24, 2.45) is 0 Å². The van der Waals surface area contributed by atoms with Gasteiger partial charge in [-0.15, -0.1) is 0 Å². The van der Waals surface area contributed by atoms with Gasteiger partial charge in [0, 0.05) is 12.6 Å². The van der Waals surface area contributed by atoms with E-state index in [-0.39, 0.29) is 22.6 Å². The van der Waals surface area contributed by atoms with Crippen LogP contribution in [0.4, 0.5) is 30.7 Å². The van der Waals surface area contributed by atoms with Gasteiger partial charge in [-0.2, -0.15) is 26.3 Å². The SMILES string of the molecule is CON(C)C(=O)c1cc(C(C)C)c(-c2ccc(C(O)(C(F)(F)F)C(F)(F)F)cc2)cc1F. The molecule has 0 aliphatic carbocycles. The van der Waals surface area contributed by atoms with Gasteiger partial charge in [0.15, 0.2) is 0 Å². The van der Waals surface area contributed by atoms with Gasteiger partial charge < -0.3 is 5.11 Å². The Labute approximate surface area is 179 Å². The molecule has 0 bridgehead atoms. The van der Waals surface area contributed by atoms with Gasteiger partial charge in [-0.05, 0) is 34.7 Å². The lowest BCUT2D eigenvalue weighted by Gasteiger charge is -2.32. The third-order valence-electron chi connectivity index (χ3n) is 4.99. The first kappa shape index (κ1) is 25.6. The van der Waals surface area contributed by atoms with E-state index in [9.17, 15) is 40.6 Å². The molecule has 0 unspecified atom stereocenters. The summed E-state index contributed by atoms with van der Waals surface area (Å²) >= 11 is 0. The fraction of sp³-hybridized carbons (Fsp3) is 0.381. The first-order valence-corrected chi connectivity index (χ1v) is 9.18. The van der Waals surface area contributed by atoms with Crippen LogP contribution in [0, 0.1) is 5.82 Å². The summed E-state index contributed by atoms with van der Waals surface area (Å²) in [6.07, 6.45) is -12.0. The van der Waals surface area contributed by atoms with Crippen molar-refractivity contribution in [2.45, 2.75) is 37.7 Å². The summed E-state index contributed by atoms with van der Waals surface area (Å²) in [7, 11) is 2.48. The van der Waals surface area contributed by atoms with Crippen LogP contribution in [0.3, 0.4) is 0 Å². The van der Waals surface area contributed by atoms with Crippen molar-refractivity contribution < 1.29 is 45.5 Å². The fourth-order valence-corrected chi connectivity index (χ4v) is 3.11. The molecule has 0 saturated carbocycles. The van der Waals surface area contributed by atoms with Gasteiger partial charge in [0.2, 0.25) is 0 Å². The fourth-order valence-electron chi connectivity index (χ4n) is 3.11. The molecule has 2 rings (SSSR count). The third kappa shape index (κ3) is 4.44. The number of hydrogen-bond donors (Lipinski definition) is 1. The van der Waals surface area contributed by atoms with Crippen LogP contribution in [0.2, 0.25) is 0 Å². The van der Waals surface area contributed by atoms with E-state index in [1.54, 1.807) is 13.8 Å². The second-order valence-corrected chi connectivity index (χ2v) is 7.34. The molecule has 0 atom stereocenters. The number of amides is 1. The van der Waals surface area contributed by atoms with Gasteiger partial charge in [-0.1, -0.05) is 38.1 Å². The van der Waals surface area contributed by atoms with Crippen LogP contribution in [-0.4, -0.2) is 42.6 Å². The standard InChI is InChI=1S/C21H20F7NO3/c1-11(2)14-9-16(18(30)29(3)32-4)17(22)10-15(14)12-5-7-13(8-6-12)19(31,20(23,24)25)21(26,27)28/h5-11,31H,1-4H3. The van der Waals surface area contributed by atoms with Gasteiger partial charge in [-0.25, -0.2) is 9.45 Å². The van der Waals surface area contributed by atoms with Crippen LogP contribution in [0.1, 0.15) is 41.3 Å². The van der Waals surface area contributed by atoms with E-state index in [0.717, 1.165) is 23.3 Å². The van der Waals surface area contributed by atoms with Crippen molar-refractivity contribution in [1.82, 2.24) is 5.06 Å². The Kier molecular flexibility index (Phi) is 6.96. The molecule has 32 heavy (non-hydrogen) atoms. The van der Waals surface area contributed by atoms with Gasteiger partial charge in [0.1, 0.15) is 5.82 Å². The van der Waals surface area contributed by atoms with E-state index < -0.39 is 35.2 Å². The minimum atomic E-state index is -6.02. The number of nitrogens with zero attached hydrogens (tertiary/aromatic N) is 1. The molecule has 0 aliphatic heterocycles. The molecular weight excluding hydrogens is 447 g/mol. The summed E-state index contributed by atoms with van der Waals surface area (Å²) in [5, 5.41) is 10.3. The second kappa shape index (κ2) is 8.70. The van der Waals surface area contributed by atoms with Crippen LogP contribution in [0.15, 0.2) is 36.4 Å². The van der Waals surface area contributed by atoms with Crippen molar-refractivity contribution in [3.05, 3.63) is 58.9 Å². The van der Waals surface area contributed by atoms with E-state index in [1.165, 1.54) is 20.2 Å². The molecule has 0 fully saturated rings. The number of carbonyl (C=O) groups excluding carboxylic acids is 1. The monoisotopic (exact) mass is 467 g/mol. The maximum absolute atomic E-state index is 14.7. The lowest BCUT2D eigenvalue weighted by atomic mass is 9.87. The average Bonchev–Trinajstić information content (AvgIpc) is 2.70. The molecule has 0 spiro atoms. The van der Waals surface area contributed by atoms with Gasteiger partial charge in [0.05, 0.1) is 12.7 Å². The Morgan fingerprint density at radius 3 is 1.91 bits per heavy atom. The molecule has 0 radical (unpaired) electrons. The summed E-state index contributed by atoms with van der Waals surface area (Å²) in [5.74, 6) is -2.02. The molecule has 1 N–H and O–H groups in total. The molecule has 1 amide bonds. The van der Waals surface area contributed by atoms with Crippen LogP contribution in [-0.2, 0) is 10.4 Å². The predicted octanol–water partition coefficient (Wildman–Crippen LogP) is 5.56. The van der Waals surface area contributed by atoms with Crippen molar-refractivity contribution in [2.75, 3.05) is 14.2 Å². The third-order valence-corrected chi connectivity index (χ3v) is 4.99. The number of benzene rings is 2. The highest BCUT2D eigenvalue weighted by atomic mass is 19.4. The summed E-state index contributed by atoms with van der Waals surface area (Å²) in [6.45, 7) is 3.43. The normalized spacial score (nSPS) is 12.9. The summed E-state index contributed by atoms with van der Waals surface area (Å²) in [4.78, 5) is 17.0. The van der Waals surface area contributed by atoms with Crippen molar-refractivity contribution in [3.8, 4) is 11.1 Å². The maximum atomic E-state index is 14.7. The number of aliphatic hydroxyl groups is 1. The molecule has 176 valence electrons. The highest BCUT2D eigenvalue weighted by Gasteiger charge is 2.71. The van der Waals surface area contributed by atoms with Gasteiger partial charge in [-0.3, -0.25) is 9.63 Å². The average molecular weight is 467 g/mol. The summed E-state index contributed by atoms with van der Waals surface area (Å²) < 4.78 is 93.2. The quantitative estimate of drug-likeness (QED) is 0.463. The zero-order valence-electron chi connectivity index (χ0n) is 17.4. The minimum Gasteiger partial charge on any atom is -0.369 e. The van der Waals surface area contributed by atoms with E-state index >= 15 is 0 Å². The van der Waals surface area contributed by atoms with Crippen molar-refractivity contribution >= 4 is 5.91 Å². The number of rotatable bonds is 5. The topological polar surface area (TPSA) is 49.8 Å². The molecule has 4 nitrogen and oxygen atoms in total. The van der Waals surface area contributed by atoms with Crippen LogP contribution in [0.5, 0.6) is 0 Å². The lowest BCUT2D eigenvalue weighted by molar-refractivity contribution is -0.376. The Bertz CT molecular complexity index is 969. The Hall–Kier alpha value is -2.66. The second-order valence-electron chi connectivity index (χ2n) is 7.34. The Morgan fingerprint density at radius 1 is 1.00 bits per heavy atom. The molecule has 2 aromatic carbocycles. The molecule has 0 saturated heterocycles. The van der Waals surface area contributed by atoms with Gasteiger partial charge >= 0.3 is 12.4 Å². The number of alkyl halides is 6. The Balaban J connectivity index is 2.62. The first-order chi connectivity index (χ1) is 14.6. The molecule has 2 aromatic rings. The highest BCUT2D eigenvalue weighted by molar-refractivity contribution is 5.94. The van der Waals surface area contributed by atoms with Crippen molar-refractivity contribution in [1.29, 1.82) is 0 Å². The van der Waals surface area contributed by atoms with Crippen LogP contribution < -0.4 is 0 Å². The predicted molar refractivity (Wildman–Crippen MR) is 101 cm³/mol. The highest BCUT2D eigenvalue weighted by Crippen LogP contribution is 2.50. The van der Waals surface area contributed by atoms with E-state index in [2.05, 4.69) is 0 Å². The smallest absolute Gasteiger partial charge is 0.369 e. The Morgan fingerprint density at radius 2 is 1.50 bits per heavy atom. The van der Waals surface area contributed by atoms with E-state index in [0.29, 0.717) is 17.7 Å². The molecule has 0 aliphatic rings.